The van der Waals surface area contributed by atoms with Gasteiger partial charge in [0.15, 0.2) is 0 Å². The van der Waals surface area contributed by atoms with Crippen molar-refractivity contribution in [2.24, 2.45) is 0 Å². The quantitative estimate of drug-likeness (QED) is 0.908. The van der Waals surface area contributed by atoms with Gasteiger partial charge in [0, 0.05) is 29.8 Å². The molecule has 0 radical (unpaired) electrons. The van der Waals surface area contributed by atoms with E-state index in [0.717, 1.165) is 16.5 Å². The number of rotatable bonds is 5. The van der Waals surface area contributed by atoms with Crippen molar-refractivity contribution in [3.05, 3.63) is 33.8 Å². The first-order valence-electron chi connectivity index (χ1n) is 5.60. The van der Waals surface area contributed by atoms with Crippen LogP contribution < -0.4 is 5.32 Å². The Morgan fingerprint density at radius 1 is 1.53 bits per heavy atom. The molecule has 1 atom stereocenters. The molecular weight excluding hydrogens is 282 g/mol. The van der Waals surface area contributed by atoms with E-state index in [2.05, 4.69) is 21.2 Å². The van der Waals surface area contributed by atoms with Gasteiger partial charge in [-0.3, -0.25) is 4.79 Å². The normalized spacial score (nSPS) is 12.2. The second kappa shape index (κ2) is 6.77. The summed E-state index contributed by atoms with van der Waals surface area (Å²) in [6.07, 6.45) is 0.815. The standard InChI is InChI=1S/C13H18BrNO2/c1-9-4-5-11(8-12(9)14)13(16)15-10(2)6-7-17-3/h4-5,8,10H,6-7H2,1-3H3,(H,15,16). The van der Waals surface area contributed by atoms with Crippen LogP contribution in [0.5, 0.6) is 0 Å². The highest BCUT2D eigenvalue weighted by molar-refractivity contribution is 9.10. The molecule has 0 aromatic heterocycles. The minimum atomic E-state index is -0.0469. The molecule has 0 saturated heterocycles. The summed E-state index contributed by atoms with van der Waals surface area (Å²) in [6, 6.07) is 5.72. The van der Waals surface area contributed by atoms with E-state index in [9.17, 15) is 4.79 Å². The Morgan fingerprint density at radius 2 is 2.24 bits per heavy atom. The Labute approximate surface area is 111 Å². The van der Waals surface area contributed by atoms with Crippen LogP contribution in [0.15, 0.2) is 22.7 Å². The number of carbonyl (C=O) groups is 1. The Morgan fingerprint density at radius 3 is 2.82 bits per heavy atom. The highest BCUT2D eigenvalue weighted by Gasteiger charge is 2.10. The molecular formula is C13H18BrNO2. The maximum Gasteiger partial charge on any atom is 0.251 e. The van der Waals surface area contributed by atoms with Gasteiger partial charge in [0.05, 0.1) is 0 Å². The SMILES string of the molecule is COCCC(C)NC(=O)c1ccc(C)c(Br)c1. The van der Waals surface area contributed by atoms with E-state index >= 15 is 0 Å². The lowest BCUT2D eigenvalue weighted by Gasteiger charge is -2.13. The molecule has 17 heavy (non-hydrogen) atoms. The molecule has 1 aromatic rings. The van der Waals surface area contributed by atoms with E-state index in [1.807, 2.05) is 32.0 Å². The van der Waals surface area contributed by atoms with Gasteiger partial charge >= 0.3 is 0 Å². The third-order valence-corrected chi connectivity index (χ3v) is 3.42. The minimum Gasteiger partial charge on any atom is -0.385 e. The van der Waals surface area contributed by atoms with Crippen molar-refractivity contribution in [2.75, 3.05) is 13.7 Å². The van der Waals surface area contributed by atoms with Crippen molar-refractivity contribution in [2.45, 2.75) is 26.3 Å². The fraction of sp³-hybridized carbons (Fsp3) is 0.462. The van der Waals surface area contributed by atoms with Gasteiger partial charge in [-0.05, 0) is 38.0 Å². The van der Waals surface area contributed by atoms with E-state index in [4.69, 9.17) is 4.74 Å². The van der Waals surface area contributed by atoms with Crippen LogP contribution in [0.4, 0.5) is 0 Å². The zero-order valence-electron chi connectivity index (χ0n) is 10.4. The number of hydrogen-bond acceptors (Lipinski definition) is 2. The summed E-state index contributed by atoms with van der Waals surface area (Å²) in [5, 5.41) is 2.94. The number of amides is 1. The Hall–Kier alpha value is -0.870. The first-order chi connectivity index (χ1) is 8.04. The van der Waals surface area contributed by atoms with Gasteiger partial charge in [0.25, 0.3) is 5.91 Å². The zero-order valence-corrected chi connectivity index (χ0v) is 12.0. The molecule has 1 rings (SSSR count). The minimum absolute atomic E-state index is 0.0469. The molecule has 1 amide bonds. The van der Waals surface area contributed by atoms with Crippen molar-refractivity contribution in [1.82, 2.24) is 5.32 Å². The Kier molecular flexibility index (Phi) is 5.65. The first-order valence-corrected chi connectivity index (χ1v) is 6.40. The first kappa shape index (κ1) is 14.2. The van der Waals surface area contributed by atoms with Gasteiger partial charge in [0.1, 0.15) is 0 Å². The monoisotopic (exact) mass is 299 g/mol. The summed E-state index contributed by atoms with van der Waals surface area (Å²) >= 11 is 3.42. The lowest BCUT2D eigenvalue weighted by molar-refractivity contribution is 0.0929. The number of hydrogen-bond donors (Lipinski definition) is 1. The molecule has 0 fully saturated rings. The fourth-order valence-corrected chi connectivity index (χ4v) is 1.79. The molecule has 1 aromatic carbocycles. The molecule has 0 bridgehead atoms. The highest BCUT2D eigenvalue weighted by atomic mass is 79.9. The summed E-state index contributed by atoms with van der Waals surface area (Å²) < 4.78 is 5.93. The van der Waals surface area contributed by atoms with E-state index in [-0.39, 0.29) is 11.9 Å². The number of nitrogens with one attached hydrogen (secondary N) is 1. The predicted molar refractivity (Wildman–Crippen MR) is 72.3 cm³/mol. The summed E-state index contributed by atoms with van der Waals surface area (Å²) in [7, 11) is 1.66. The van der Waals surface area contributed by atoms with Gasteiger partial charge in [-0.1, -0.05) is 22.0 Å². The molecule has 3 nitrogen and oxygen atoms in total. The predicted octanol–water partition coefficient (Wildman–Crippen LogP) is 2.91. The second-order valence-corrected chi connectivity index (χ2v) is 4.97. The molecule has 0 aliphatic rings. The van der Waals surface area contributed by atoms with Crippen LogP contribution in [-0.4, -0.2) is 25.7 Å². The smallest absolute Gasteiger partial charge is 0.251 e. The van der Waals surface area contributed by atoms with Crippen LogP contribution in [-0.2, 0) is 4.74 Å². The molecule has 0 aliphatic carbocycles. The zero-order chi connectivity index (χ0) is 12.8. The molecule has 4 heteroatoms. The third kappa shape index (κ3) is 4.48. The Bertz CT molecular complexity index is 393. The number of methoxy groups -OCH3 is 1. The number of carbonyl (C=O) groups excluding carboxylic acids is 1. The molecule has 1 unspecified atom stereocenters. The fourth-order valence-electron chi connectivity index (χ4n) is 1.41. The lowest BCUT2D eigenvalue weighted by atomic mass is 10.1. The van der Waals surface area contributed by atoms with Crippen molar-refractivity contribution in [3.8, 4) is 0 Å². The lowest BCUT2D eigenvalue weighted by Crippen LogP contribution is -2.33. The van der Waals surface area contributed by atoms with E-state index in [1.165, 1.54) is 0 Å². The molecule has 0 saturated carbocycles. The number of ether oxygens (including phenoxy) is 1. The average Bonchev–Trinajstić information content (AvgIpc) is 2.30. The van der Waals surface area contributed by atoms with Gasteiger partial charge < -0.3 is 10.1 Å². The van der Waals surface area contributed by atoms with E-state index in [0.29, 0.717) is 12.2 Å². The van der Waals surface area contributed by atoms with Crippen LogP contribution >= 0.6 is 15.9 Å². The summed E-state index contributed by atoms with van der Waals surface area (Å²) in [5.74, 6) is -0.0469. The number of benzene rings is 1. The van der Waals surface area contributed by atoms with Gasteiger partial charge in [0.2, 0.25) is 0 Å². The van der Waals surface area contributed by atoms with Crippen molar-refractivity contribution < 1.29 is 9.53 Å². The molecule has 0 heterocycles. The van der Waals surface area contributed by atoms with Gasteiger partial charge in [-0.2, -0.15) is 0 Å². The van der Waals surface area contributed by atoms with Crippen LogP contribution in [0.2, 0.25) is 0 Å². The van der Waals surface area contributed by atoms with E-state index in [1.54, 1.807) is 7.11 Å². The molecule has 0 aliphatic heterocycles. The summed E-state index contributed by atoms with van der Waals surface area (Å²) in [5.41, 5.74) is 1.79. The number of aryl methyl sites for hydroxylation is 1. The third-order valence-electron chi connectivity index (χ3n) is 2.57. The average molecular weight is 300 g/mol. The molecule has 94 valence electrons. The van der Waals surface area contributed by atoms with Crippen LogP contribution in [0.25, 0.3) is 0 Å². The topological polar surface area (TPSA) is 38.3 Å². The Balaban J connectivity index is 2.60. The van der Waals surface area contributed by atoms with E-state index < -0.39 is 0 Å². The second-order valence-electron chi connectivity index (χ2n) is 4.12. The summed E-state index contributed by atoms with van der Waals surface area (Å²) in [6.45, 7) is 4.62. The summed E-state index contributed by atoms with van der Waals surface area (Å²) in [4.78, 5) is 11.9. The van der Waals surface area contributed by atoms with Crippen molar-refractivity contribution in [3.63, 3.8) is 0 Å². The molecule has 1 N–H and O–H groups in total. The number of halogens is 1. The highest BCUT2D eigenvalue weighted by Crippen LogP contribution is 2.17. The molecule has 0 spiro atoms. The largest absolute Gasteiger partial charge is 0.385 e. The van der Waals surface area contributed by atoms with Crippen molar-refractivity contribution >= 4 is 21.8 Å². The maximum absolute atomic E-state index is 11.9. The van der Waals surface area contributed by atoms with Crippen LogP contribution in [0, 0.1) is 6.92 Å². The van der Waals surface area contributed by atoms with Gasteiger partial charge in [-0.15, -0.1) is 0 Å². The van der Waals surface area contributed by atoms with Crippen LogP contribution in [0.1, 0.15) is 29.3 Å². The maximum atomic E-state index is 11.9. The van der Waals surface area contributed by atoms with Crippen LogP contribution in [0.3, 0.4) is 0 Å². The van der Waals surface area contributed by atoms with Crippen molar-refractivity contribution in [1.29, 1.82) is 0 Å². The van der Waals surface area contributed by atoms with Gasteiger partial charge in [-0.25, -0.2) is 0 Å².